The van der Waals surface area contributed by atoms with Crippen LogP contribution in [0.2, 0.25) is 5.02 Å². The zero-order valence-electron chi connectivity index (χ0n) is 11.6. The molecule has 0 aliphatic carbocycles. The number of amides is 2. The number of ether oxygens (including phenoxy) is 1. The first-order valence-corrected chi connectivity index (χ1v) is 7.57. The second-order valence-corrected chi connectivity index (χ2v) is 6.42. The van der Waals surface area contributed by atoms with E-state index < -0.39 is 40.4 Å². The van der Waals surface area contributed by atoms with Gasteiger partial charge in [-0.2, -0.15) is 13.2 Å². The van der Waals surface area contributed by atoms with Crippen LogP contribution in [0, 0.1) is 11.8 Å². The van der Waals surface area contributed by atoms with Gasteiger partial charge in [-0.15, -0.1) is 0 Å². The Morgan fingerprint density at radius 3 is 2.17 bits per heavy atom. The van der Waals surface area contributed by atoms with Crippen LogP contribution in [0.4, 0.5) is 18.9 Å². The molecule has 3 aliphatic rings. The lowest BCUT2D eigenvalue weighted by Gasteiger charge is -2.19. The maximum absolute atomic E-state index is 13.0. The molecule has 23 heavy (non-hydrogen) atoms. The van der Waals surface area contributed by atoms with E-state index in [1.54, 1.807) is 0 Å². The van der Waals surface area contributed by atoms with Crippen molar-refractivity contribution in [2.75, 3.05) is 4.90 Å². The van der Waals surface area contributed by atoms with E-state index in [0.717, 1.165) is 17.0 Å². The van der Waals surface area contributed by atoms with Crippen LogP contribution in [0.25, 0.3) is 0 Å². The van der Waals surface area contributed by atoms with Crippen molar-refractivity contribution in [3.05, 3.63) is 28.8 Å². The average molecular weight is 346 g/mol. The average Bonchev–Trinajstić information content (AvgIpc) is 3.13. The first-order valence-electron chi connectivity index (χ1n) is 7.19. The summed E-state index contributed by atoms with van der Waals surface area (Å²) < 4.78 is 44.5. The molecule has 1 aromatic rings. The van der Waals surface area contributed by atoms with Gasteiger partial charge in [-0.1, -0.05) is 11.6 Å². The summed E-state index contributed by atoms with van der Waals surface area (Å²) in [7, 11) is 0. The van der Waals surface area contributed by atoms with E-state index in [2.05, 4.69) is 0 Å². The number of nitrogens with zero attached hydrogens (tertiary/aromatic N) is 1. The summed E-state index contributed by atoms with van der Waals surface area (Å²) in [6.45, 7) is 0. The molecular formula is C15H11ClF3NO3. The highest BCUT2D eigenvalue weighted by Gasteiger charge is 2.62. The van der Waals surface area contributed by atoms with Crippen molar-refractivity contribution in [1.29, 1.82) is 0 Å². The first-order chi connectivity index (χ1) is 10.8. The number of fused-ring (bicyclic) bond motifs is 5. The fourth-order valence-electron chi connectivity index (χ4n) is 3.84. The Bertz CT molecular complexity index is 692. The number of anilines is 1. The van der Waals surface area contributed by atoms with Gasteiger partial charge in [0.05, 0.1) is 40.3 Å². The predicted octanol–water partition coefficient (Wildman–Crippen LogP) is 3.03. The van der Waals surface area contributed by atoms with Crippen molar-refractivity contribution in [1.82, 2.24) is 0 Å². The third-order valence-electron chi connectivity index (χ3n) is 4.80. The third-order valence-corrected chi connectivity index (χ3v) is 5.13. The molecule has 4 atom stereocenters. The molecule has 4 nitrogen and oxygen atoms in total. The van der Waals surface area contributed by atoms with Gasteiger partial charge in [0, 0.05) is 0 Å². The third kappa shape index (κ3) is 2.03. The molecule has 3 fully saturated rings. The fourth-order valence-corrected chi connectivity index (χ4v) is 4.06. The van der Waals surface area contributed by atoms with Gasteiger partial charge in [-0.25, -0.2) is 4.90 Å². The van der Waals surface area contributed by atoms with Gasteiger partial charge in [0.15, 0.2) is 0 Å². The van der Waals surface area contributed by atoms with Gasteiger partial charge in [0.1, 0.15) is 0 Å². The Labute approximate surface area is 134 Å². The van der Waals surface area contributed by atoms with Gasteiger partial charge in [-0.3, -0.25) is 9.59 Å². The lowest BCUT2D eigenvalue weighted by Crippen LogP contribution is -2.34. The Morgan fingerprint density at radius 1 is 1.09 bits per heavy atom. The summed E-state index contributed by atoms with van der Waals surface area (Å²) in [5.74, 6) is -2.12. The molecule has 1 aromatic carbocycles. The van der Waals surface area contributed by atoms with Crippen LogP contribution >= 0.6 is 11.6 Å². The van der Waals surface area contributed by atoms with Gasteiger partial charge in [0.25, 0.3) is 0 Å². The van der Waals surface area contributed by atoms with Gasteiger partial charge in [0.2, 0.25) is 11.8 Å². The smallest absolute Gasteiger partial charge is 0.373 e. The van der Waals surface area contributed by atoms with E-state index in [1.807, 2.05) is 0 Å². The number of carbonyl (C=O) groups is 2. The maximum Gasteiger partial charge on any atom is 0.417 e. The topological polar surface area (TPSA) is 46.6 Å². The number of carbonyl (C=O) groups excluding carboxylic acids is 2. The standard InChI is InChI=1S/C15H11ClF3NO3/c16-8-2-1-6(5-7(8)15(17,18)19)20-13(21)11-9-3-4-10(23-9)12(11)14(20)22/h1-2,5,9-12H,3-4H2/t9-,10+,11-,12+. The lowest BCUT2D eigenvalue weighted by atomic mass is 9.81. The number of hydrogen-bond acceptors (Lipinski definition) is 3. The summed E-state index contributed by atoms with van der Waals surface area (Å²) in [6, 6.07) is 3.07. The van der Waals surface area contributed by atoms with Crippen LogP contribution in [-0.4, -0.2) is 24.0 Å². The molecule has 3 saturated heterocycles. The second-order valence-electron chi connectivity index (χ2n) is 6.02. The largest absolute Gasteiger partial charge is 0.417 e. The van der Waals surface area contributed by atoms with Gasteiger partial charge >= 0.3 is 6.18 Å². The van der Waals surface area contributed by atoms with Gasteiger partial charge in [-0.05, 0) is 31.0 Å². The fraction of sp³-hybridized carbons (Fsp3) is 0.467. The van der Waals surface area contributed by atoms with E-state index in [9.17, 15) is 22.8 Å². The Kier molecular flexibility index (Phi) is 3.06. The second kappa shape index (κ2) is 4.70. The van der Waals surface area contributed by atoms with Crippen LogP contribution in [0.3, 0.4) is 0 Å². The van der Waals surface area contributed by atoms with Crippen molar-refractivity contribution in [2.45, 2.75) is 31.2 Å². The molecule has 2 amide bonds. The molecule has 0 saturated carbocycles. The highest BCUT2D eigenvalue weighted by molar-refractivity contribution is 6.31. The van der Waals surface area contributed by atoms with E-state index in [1.165, 1.54) is 6.07 Å². The van der Waals surface area contributed by atoms with Crippen LogP contribution < -0.4 is 4.90 Å². The maximum atomic E-state index is 13.0. The van der Waals surface area contributed by atoms with Gasteiger partial charge < -0.3 is 4.74 Å². The van der Waals surface area contributed by atoms with Crippen LogP contribution in [0.15, 0.2) is 18.2 Å². The zero-order valence-corrected chi connectivity index (χ0v) is 12.4. The molecule has 8 heteroatoms. The summed E-state index contributed by atoms with van der Waals surface area (Å²) in [4.78, 5) is 25.9. The molecular weight excluding hydrogens is 335 g/mol. The molecule has 122 valence electrons. The minimum absolute atomic E-state index is 0.0921. The highest BCUT2D eigenvalue weighted by atomic mass is 35.5. The number of hydrogen-bond donors (Lipinski definition) is 0. The number of alkyl halides is 3. The monoisotopic (exact) mass is 345 g/mol. The van der Waals surface area contributed by atoms with Crippen molar-refractivity contribution >= 4 is 29.1 Å². The number of imide groups is 1. The summed E-state index contributed by atoms with van der Waals surface area (Å²) in [5.41, 5.74) is -1.15. The molecule has 0 unspecified atom stereocenters. The van der Waals surface area contributed by atoms with E-state index >= 15 is 0 Å². The van der Waals surface area contributed by atoms with E-state index in [4.69, 9.17) is 16.3 Å². The van der Waals surface area contributed by atoms with Crippen molar-refractivity contribution in [3.8, 4) is 0 Å². The summed E-state index contributed by atoms with van der Waals surface area (Å²) in [5, 5.41) is -0.469. The Balaban J connectivity index is 1.74. The molecule has 0 radical (unpaired) electrons. The van der Waals surface area contributed by atoms with Crippen LogP contribution in [0.1, 0.15) is 18.4 Å². The first kappa shape index (κ1) is 15.0. The minimum Gasteiger partial charge on any atom is -0.373 e. The molecule has 0 spiro atoms. The Hall–Kier alpha value is -1.60. The van der Waals surface area contributed by atoms with Crippen LogP contribution in [-0.2, 0) is 20.5 Å². The van der Waals surface area contributed by atoms with Crippen LogP contribution in [0.5, 0.6) is 0 Å². The normalized spacial score (nSPS) is 32.8. The lowest BCUT2D eigenvalue weighted by molar-refractivity contribution is -0.137. The van der Waals surface area contributed by atoms with Crippen molar-refractivity contribution < 1.29 is 27.5 Å². The molecule has 3 heterocycles. The molecule has 2 bridgehead atoms. The molecule has 4 rings (SSSR count). The predicted molar refractivity (Wildman–Crippen MR) is 73.8 cm³/mol. The van der Waals surface area contributed by atoms with E-state index in [0.29, 0.717) is 12.8 Å². The SMILES string of the molecule is O=C1[C@@H]2[C@H](C(=O)N1c1ccc(Cl)c(C(F)(F)F)c1)[C@H]1CC[C@@H]2O1. The zero-order chi connectivity index (χ0) is 16.5. The summed E-state index contributed by atoms with van der Waals surface area (Å²) in [6.07, 6.45) is -3.86. The van der Waals surface area contributed by atoms with Crippen molar-refractivity contribution in [2.24, 2.45) is 11.8 Å². The minimum atomic E-state index is -4.66. The Morgan fingerprint density at radius 2 is 1.65 bits per heavy atom. The summed E-state index contributed by atoms with van der Waals surface area (Å²) >= 11 is 5.58. The van der Waals surface area contributed by atoms with E-state index in [-0.39, 0.29) is 17.9 Å². The highest BCUT2D eigenvalue weighted by Crippen LogP contribution is 2.49. The van der Waals surface area contributed by atoms with Crippen molar-refractivity contribution in [3.63, 3.8) is 0 Å². The number of halogens is 4. The quantitative estimate of drug-likeness (QED) is 0.735. The molecule has 3 aliphatic heterocycles. The number of benzene rings is 1. The number of rotatable bonds is 1. The molecule has 0 aromatic heterocycles. The molecule has 0 N–H and O–H groups in total.